The van der Waals surface area contributed by atoms with Crippen LogP contribution in [0.4, 0.5) is 5.69 Å². The third-order valence-corrected chi connectivity index (χ3v) is 3.16. The van der Waals surface area contributed by atoms with Gasteiger partial charge in [-0.25, -0.2) is 0 Å². The molecule has 20 heavy (non-hydrogen) atoms. The van der Waals surface area contributed by atoms with Crippen molar-refractivity contribution < 1.29 is 9.34 Å². The maximum atomic E-state index is 11.1. The number of rotatable bonds is 5. The van der Waals surface area contributed by atoms with Gasteiger partial charge in [0.2, 0.25) is 5.89 Å². The van der Waals surface area contributed by atoms with E-state index in [9.17, 15) is 10.1 Å². The maximum Gasteiger partial charge on any atom is 0.282 e. The lowest BCUT2D eigenvalue weighted by atomic mass is 10.1. The van der Waals surface area contributed by atoms with Crippen LogP contribution >= 0.6 is 0 Å². The fourth-order valence-electron chi connectivity index (χ4n) is 2.06. The molecule has 7 nitrogen and oxygen atoms in total. The number of hydrogen-bond acceptors (Lipinski definition) is 6. The van der Waals surface area contributed by atoms with E-state index in [1.807, 2.05) is 6.92 Å². The first-order valence-electron chi connectivity index (χ1n) is 6.33. The molecule has 106 valence electrons. The first-order valence-corrected chi connectivity index (χ1v) is 6.33. The van der Waals surface area contributed by atoms with Crippen LogP contribution in [0.15, 0.2) is 22.6 Å². The first kappa shape index (κ1) is 14.1. The van der Waals surface area contributed by atoms with E-state index in [1.165, 1.54) is 6.07 Å². The topological polar surface area (TPSA) is 94.1 Å². The summed E-state index contributed by atoms with van der Waals surface area (Å²) in [5, 5.41) is 22.1. The fourth-order valence-corrected chi connectivity index (χ4v) is 2.06. The summed E-state index contributed by atoms with van der Waals surface area (Å²) < 4.78 is 5.60. The molecular weight excluding hydrogens is 260 g/mol. The quantitative estimate of drug-likeness (QED) is 0.666. The Labute approximate surface area is 116 Å². The number of benzene rings is 1. The third kappa shape index (κ3) is 2.53. The predicted molar refractivity (Wildman–Crippen MR) is 73.2 cm³/mol. The van der Waals surface area contributed by atoms with E-state index < -0.39 is 4.92 Å². The minimum atomic E-state index is -0.443. The van der Waals surface area contributed by atoms with Crippen LogP contribution in [-0.2, 0) is 0 Å². The normalized spacial score (nSPS) is 12.3. The van der Waals surface area contributed by atoms with Crippen LogP contribution in [0.3, 0.4) is 0 Å². The van der Waals surface area contributed by atoms with Gasteiger partial charge in [0.05, 0.1) is 11.0 Å². The van der Waals surface area contributed by atoms with Gasteiger partial charge in [-0.2, -0.15) is 0 Å². The molecule has 1 unspecified atom stereocenters. The first-order chi connectivity index (χ1) is 9.58. The van der Waals surface area contributed by atoms with Gasteiger partial charge in [0.15, 0.2) is 0 Å². The van der Waals surface area contributed by atoms with Gasteiger partial charge in [-0.05, 0) is 26.0 Å². The molecule has 1 atom stereocenters. The molecule has 0 bridgehead atoms. The Morgan fingerprint density at radius 1 is 1.45 bits per heavy atom. The average molecular weight is 276 g/mol. The van der Waals surface area contributed by atoms with Gasteiger partial charge in [0.1, 0.15) is 5.56 Å². The Morgan fingerprint density at radius 3 is 2.80 bits per heavy atom. The van der Waals surface area contributed by atoms with Gasteiger partial charge in [-0.3, -0.25) is 10.1 Å². The van der Waals surface area contributed by atoms with Gasteiger partial charge in [-0.1, -0.05) is 19.1 Å². The molecule has 2 rings (SSSR count). The SMILES string of the molecule is CCC(NC)c1nnc(-c2c(C)cccc2[N+](=O)[O-])o1. The molecule has 0 saturated carbocycles. The molecule has 0 fully saturated rings. The number of nitro benzene ring substituents is 1. The molecule has 0 aliphatic heterocycles. The van der Waals surface area contributed by atoms with Crippen LogP contribution < -0.4 is 5.32 Å². The smallest absolute Gasteiger partial charge is 0.282 e. The molecule has 7 heteroatoms. The molecule has 2 aromatic rings. The summed E-state index contributed by atoms with van der Waals surface area (Å²) in [5.41, 5.74) is 1.08. The van der Waals surface area contributed by atoms with E-state index in [-0.39, 0.29) is 17.6 Å². The fraction of sp³-hybridized carbons (Fsp3) is 0.385. The van der Waals surface area contributed by atoms with Crippen molar-refractivity contribution in [1.82, 2.24) is 15.5 Å². The summed E-state index contributed by atoms with van der Waals surface area (Å²) in [4.78, 5) is 10.7. The number of hydrogen-bond donors (Lipinski definition) is 1. The number of aromatic nitrogens is 2. The Hall–Kier alpha value is -2.28. The zero-order chi connectivity index (χ0) is 14.7. The van der Waals surface area contributed by atoms with Crippen molar-refractivity contribution in [1.29, 1.82) is 0 Å². The molecule has 0 spiro atoms. The second-order valence-electron chi connectivity index (χ2n) is 4.42. The average Bonchev–Trinajstić information content (AvgIpc) is 2.89. The minimum Gasteiger partial charge on any atom is -0.419 e. The molecule has 0 aliphatic carbocycles. The lowest BCUT2D eigenvalue weighted by Gasteiger charge is -2.07. The van der Waals surface area contributed by atoms with E-state index in [0.717, 1.165) is 12.0 Å². The van der Waals surface area contributed by atoms with Crippen molar-refractivity contribution in [2.75, 3.05) is 7.05 Å². The molecule has 1 aromatic carbocycles. The Bertz CT molecular complexity index is 620. The molecule has 0 saturated heterocycles. The third-order valence-electron chi connectivity index (χ3n) is 3.16. The van der Waals surface area contributed by atoms with Crippen molar-refractivity contribution in [3.8, 4) is 11.5 Å². The molecule has 0 amide bonds. The lowest BCUT2D eigenvalue weighted by Crippen LogP contribution is -2.15. The largest absolute Gasteiger partial charge is 0.419 e. The van der Waals surface area contributed by atoms with Crippen LogP contribution in [0, 0.1) is 17.0 Å². The summed E-state index contributed by atoms with van der Waals surface area (Å²) >= 11 is 0. The summed E-state index contributed by atoms with van der Waals surface area (Å²) in [7, 11) is 1.80. The summed E-state index contributed by atoms with van der Waals surface area (Å²) in [6.07, 6.45) is 0.786. The van der Waals surface area contributed by atoms with Crippen molar-refractivity contribution >= 4 is 5.69 Å². The number of aryl methyl sites for hydroxylation is 1. The van der Waals surface area contributed by atoms with E-state index >= 15 is 0 Å². The zero-order valence-corrected chi connectivity index (χ0v) is 11.6. The molecule has 1 heterocycles. The lowest BCUT2D eigenvalue weighted by molar-refractivity contribution is -0.384. The van der Waals surface area contributed by atoms with Gasteiger partial charge in [0, 0.05) is 6.07 Å². The predicted octanol–water partition coefficient (Wildman–Crippen LogP) is 2.62. The van der Waals surface area contributed by atoms with E-state index in [4.69, 9.17) is 4.42 Å². The highest BCUT2D eigenvalue weighted by Crippen LogP contribution is 2.32. The van der Waals surface area contributed by atoms with Crippen molar-refractivity contribution in [2.45, 2.75) is 26.3 Å². The van der Waals surface area contributed by atoms with Crippen LogP contribution in [0.5, 0.6) is 0 Å². The summed E-state index contributed by atoms with van der Waals surface area (Å²) in [5.74, 6) is 0.612. The van der Waals surface area contributed by atoms with E-state index in [2.05, 4.69) is 15.5 Å². The van der Waals surface area contributed by atoms with Crippen molar-refractivity contribution in [3.63, 3.8) is 0 Å². The molecule has 0 radical (unpaired) electrons. The van der Waals surface area contributed by atoms with Crippen LogP contribution in [0.1, 0.15) is 30.8 Å². The molecular formula is C13H16N4O3. The number of nitrogens with one attached hydrogen (secondary N) is 1. The maximum absolute atomic E-state index is 11.1. The highest BCUT2D eigenvalue weighted by molar-refractivity contribution is 5.70. The number of nitro groups is 1. The molecule has 1 aromatic heterocycles. The Morgan fingerprint density at radius 2 is 2.20 bits per heavy atom. The van der Waals surface area contributed by atoms with Crippen LogP contribution in [-0.4, -0.2) is 22.2 Å². The van der Waals surface area contributed by atoms with Crippen LogP contribution in [0.2, 0.25) is 0 Å². The van der Waals surface area contributed by atoms with E-state index in [0.29, 0.717) is 11.5 Å². The van der Waals surface area contributed by atoms with Gasteiger partial charge in [0.25, 0.3) is 11.6 Å². The highest BCUT2D eigenvalue weighted by Gasteiger charge is 2.23. The van der Waals surface area contributed by atoms with Gasteiger partial charge in [-0.15, -0.1) is 10.2 Å². The highest BCUT2D eigenvalue weighted by atomic mass is 16.6. The summed E-state index contributed by atoms with van der Waals surface area (Å²) in [6.45, 7) is 3.77. The van der Waals surface area contributed by atoms with Gasteiger partial charge < -0.3 is 9.73 Å². The zero-order valence-electron chi connectivity index (χ0n) is 11.6. The molecule has 0 aliphatic rings. The summed E-state index contributed by atoms with van der Waals surface area (Å²) in [6, 6.07) is 4.79. The van der Waals surface area contributed by atoms with Crippen molar-refractivity contribution in [3.05, 3.63) is 39.8 Å². The van der Waals surface area contributed by atoms with E-state index in [1.54, 1.807) is 26.1 Å². The number of nitrogens with zero attached hydrogens (tertiary/aromatic N) is 3. The second kappa shape index (κ2) is 5.79. The Kier molecular flexibility index (Phi) is 4.09. The monoisotopic (exact) mass is 276 g/mol. The molecule has 1 N–H and O–H groups in total. The van der Waals surface area contributed by atoms with Crippen LogP contribution in [0.25, 0.3) is 11.5 Å². The van der Waals surface area contributed by atoms with Crippen molar-refractivity contribution in [2.24, 2.45) is 0 Å². The standard InChI is InChI=1S/C13H16N4O3/c1-4-9(14-3)12-15-16-13(20-12)11-8(2)6-5-7-10(11)17(18)19/h5-7,9,14H,4H2,1-3H3. The Balaban J connectivity index is 2.50. The second-order valence-corrected chi connectivity index (χ2v) is 4.42. The van der Waals surface area contributed by atoms with Gasteiger partial charge >= 0.3 is 0 Å². The minimum absolute atomic E-state index is 0.0299.